The fraction of sp³-hybridized carbons (Fsp3) is 0.600. The van der Waals surface area contributed by atoms with E-state index in [4.69, 9.17) is 0 Å². The molecule has 0 nitrogen and oxygen atoms in total. The predicted octanol–water partition coefficient (Wildman–Crippen LogP) is 4.82. The Balaban J connectivity index is 0.000000514. The van der Waals surface area contributed by atoms with Crippen LogP contribution in [0.2, 0.25) is 0 Å². The summed E-state index contributed by atoms with van der Waals surface area (Å²) in [6, 6.07) is 4.64. The van der Waals surface area contributed by atoms with Crippen molar-refractivity contribution in [3.05, 3.63) is 34.4 Å². The highest BCUT2D eigenvalue weighted by Gasteiger charge is 2.42. The molecule has 17 heavy (non-hydrogen) atoms. The molecule has 2 heteroatoms. The Labute approximate surface area is 115 Å². The topological polar surface area (TPSA) is 0 Å². The van der Waals surface area contributed by atoms with Gasteiger partial charge in [0.1, 0.15) is 0 Å². The van der Waals surface area contributed by atoms with Gasteiger partial charge in [0, 0.05) is 0 Å². The predicted molar refractivity (Wildman–Crippen MR) is 82.4 cm³/mol. The normalized spacial score (nSPS) is 20.0. The quantitative estimate of drug-likeness (QED) is 0.488. The molecule has 3 rings (SSSR count). The Morgan fingerprint density at radius 3 is 2.18 bits per heavy atom. The van der Waals surface area contributed by atoms with Gasteiger partial charge < -0.3 is 0 Å². The minimum atomic E-state index is 0.603. The van der Waals surface area contributed by atoms with Crippen LogP contribution >= 0.6 is 23.3 Å². The molecule has 1 saturated carbocycles. The second kappa shape index (κ2) is 5.27. The van der Waals surface area contributed by atoms with Crippen LogP contribution in [0, 0.1) is 13.8 Å². The lowest BCUT2D eigenvalue weighted by Crippen LogP contribution is -2.19. The van der Waals surface area contributed by atoms with Crippen molar-refractivity contribution >= 4 is 23.3 Å². The SMILES string of the molecule is Cc1ccc(C)c2c1CCC21CCCC1.SS. The molecule has 0 unspecified atom stereocenters. The van der Waals surface area contributed by atoms with E-state index >= 15 is 0 Å². The van der Waals surface area contributed by atoms with E-state index in [2.05, 4.69) is 49.3 Å². The number of hydrogen-bond acceptors (Lipinski definition) is 2. The van der Waals surface area contributed by atoms with E-state index in [-0.39, 0.29) is 0 Å². The third-order valence-electron chi connectivity index (χ3n) is 4.70. The molecule has 1 fully saturated rings. The fourth-order valence-corrected chi connectivity index (χ4v) is 3.97. The van der Waals surface area contributed by atoms with Crippen LogP contribution in [0.25, 0.3) is 0 Å². The van der Waals surface area contributed by atoms with E-state index in [0.717, 1.165) is 0 Å². The molecular weight excluding hydrogens is 244 g/mol. The first-order valence-corrected chi connectivity index (χ1v) is 8.12. The molecule has 0 N–H and O–H groups in total. The van der Waals surface area contributed by atoms with Crippen LogP contribution in [0.15, 0.2) is 12.1 Å². The van der Waals surface area contributed by atoms with Gasteiger partial charge in [0.05, 0.1) is 0 Å². The molecule has 0 aromatic heterocycles. The second-order valence-electron chi connectivity index (χ2n) is 5.54. The molecule has 0 bridgehead atoms. The van der Waals surface area contributed by atoms with Crippen molar-refractivity contribution in [2.75, 3.05) is 0 Å². The Morgan fingerprint density at radius 2 is 1.53 bits per heavy atom. The summed E-state index contributed by atoms with van der Waals surface area (Å²) in [7, 11) is 0. The minimum absolute atomic E-state index is 0.603. The molecule has 0 saturated heterocycles. The summed E-state index contributed by atoms with van der Waals surface area (Å²) in [5.41, 5.74) is 7.12. The summed E-state index contributed by atoms with van der Waals surface area (Å²) in [5.74, 6) is 0. The largest absolute Gasteiger partial charge is 0.115 e. The van der Waals surface area contributed by atoms with Crippen LogP contribution in [0.1, 0.15) is 54.4 Å². The summed E-state index contributed by atoms with van der Waals surface area (Å²) in [5, 5.41) is 0. The Bertz CT molecular complexity index is 404. The molecule has 0 aliphatic heterocycles. The molecule has 1 spiro atoms. The molecule has 1 aromatic carbocycles. The molecule has 2 aliphatic carbocycles. The average molecular weight is 266 g/mol. The highest BCUT2D eigenvalue weighted by molar-refractivity contribution is 8.59. The smallest absolute Gasteiger partial charge is 0.00384 e. The van der Waals surface area contributed by atoms with Crippen molar-refractivity contribution < 1.29 is 0 Å². The van der Waals surface area contributed by atoms with Gasteiger partial charge in [-0.15, -0.1) is 23.3 Å². The van der Waals surface area contributed by atoms with Gasteiger partial charge in [-0.1, -0.05) is 25.0 Å². The number of hydrogen-bond donors (Lipinski definition) is 2. The van der Waals surface area contributed by atoms with Gasteiger partial charge in [0.25, 0.3) is 0 Å². The standard InChI is InChI=1S/C15H20.H2S2/c1-11-5-6-12(2)14-13(11)7-10-15(14)8-3-4-9-15;1-2/h5-6H,3-4,7-10H2,1-2H3;1-2H. The average Bonchev–Trinajstić information content (AvgIpc) is 2.97. The van der Waals surface area contributed by atoms with Crippen LogP contribution in [-0.4, -0.2) is 0 Å². The lowest BCUT2D eigenvalue weighted by atomic mass is 9.78. The van der Waals surface area contributed by atoms with Crippen molar-refractivity contribution in [3.63, 3.8) is 0 Å². The Kier molecular flexibility index (Phi) is 4.14. The van der Waals surface area contributed by atoms with Crippen LogP contribution in [0.3, 0.4) is 0 Å². The van der Waals surface area contributed by atoms with Crippen LogP contribution in [-0.2, 0) is 11.8 Å². The lowest BCUT2D eigenvalue weighted by molar-refractivity contribution is 0.437. The van der Waals surface area contributed by atoms with Gasteiger partial charge in [0.2, 0.25) is 0 Å². The molecule has 0 amide bonds. The number of aryl methyl sites for hydroxylation is 2. The maximum Gasteiger partial charge on any atom is -0.00384 e. The Hall–Kier alpha value is -0.0800. The van der Waals surface area contributed by atoms with E-state index in [1.807, 2.05) is 0 Å². The first-order valence-electron chi connectivity index (χ1n) is 6.52. The summed E-state index contributed by atoms with van der Waals surface area (Å²) < 4.78 is 0. The molecule has 94 valence electrons. The van der Waals surface area contributed by atoms with Crippen LogP contribution in [0.5, 0.6) is 0 Å². The third-order valence-corrected chi connectivity index (χ3v) is 4.70. The highest BCUT2D eigenvalue weighted by atomic mass is 33.1. The molecule has 0 atom stereocenters. The van der Waals surface area contributed by atoms with Crippen molar-refractivity contribution in [2.24, 2.45) is 0 Å². The zero-order valence-electron chi connectivity index (χ0n) is 10.8. The first-order chi connectivity index (χ1) is 8.23. The lowest BCUT2D eigenvalue weighted by Gasteiger charge is -2.26. The molecule has 2 aliphatic rings. The summed E-state index contributed by atoms with van der Waals surface area (Å²) in [4.78, 5) is 0. The van der Waals surface area contributed by atoms with E-state index in [0.29, 0.717) is 5.41 Å². The van der Waals surface area contributed by atoms with E-state index in [1.54, 1.807) is 16.7 Å². The number of benzene rings is 1. The zero-order chi connectivity index (χ0) is 12.5. The maximum atomic E-state index is 3.22. The van der Waals surface area contributed by atoms with Crippen molar-refractivity contribution in [1.82, 2.24) is 0 Å². The summed E-state index contributed by atoms with van der Waals surface area (Å²) in [6.45, 7) is 4.59. The Morgan fingerprint density at radius 1 is 0.941 bits per heavy atom. The third kappa shape index (κ3) is 2.15. The zero-order valence-corrected chi connectivity index (χ0v) is 12.6. The molecule has 0 heterocycles. The van der Waals surface area contributed by atoms with Gasteiger partial charge in [-0.25, -0.2) is 0 Å². The maximum absolute atomic E-state index is 3.22. The number of fused-ring (bicyclic) bond motifs is 2. The summed E-state index contributed by atoms with van der Waals surface area (Å²) in [6.07, 6.45) is 8.56. The first kappa shape index (κ1) is 13.4. The van der Waals surface area contributed by atoms with Crippen molar-refractivity contribution in [1.29, 1.82) is 0 Å². The van der Waals surface area contributed by atoms with E-state index < -0.39 is 0 Å². The van der Waals surface area contributed by atoms with Gasteiger partial charge in [-0.3, -0.25) is 0 Å². The monoisotopic (exact) mass is 266 g/mol. The van der Waals surface area contributed by atoms with Crippen LogP contribution in [0.4, 0.5) is 0 Å². The van der Waals surface area contributed by atoms with Crippen molar-refractivity contribution in [2.45, 2.75) is 57.8 Å². The van der Waals surface area contributed by atoms with Gasteiger partial charge in [-0.05, 0) is 67.2 Å². The number of rotatable bonds is 0. The van der Waals surface area contributed by atoms with Crippen molar-refractivity contribution in [3.8, 4) is 0 Å². The minimum Gasteiger partial charge on any atom is -0.115 e. The fourth-order valence-electron chi connectivity index (χ4n) is 3.97. The van der Waals surface area contributed by atoms with Crippen LogP contribution < -0.4 is 0 Å². The van der Waals surface area contributed by atoms with E-state index in [1.165, 1.54) is 44.1 Å². The molecule has 1 aromatic rings. The summed E-state index contributed by atoms with van der Waals surface area (Å²) >= 11 is 6.44. The van der Waals surface area contributed by atoms with E-state index in [9.17, 15) is 0 Å². The second-order valence-corrected chi connectivity index (χ2v) is 5.54. The number of thiol groups is 2. The van der Waals surface area contributed by atoms with Gasteiger partial charge in [0.15, 0.2) is 0 Å². The highest BCUT2D eigenvalue weighted by Crippen LogP contribution is 2.51. The molecule has 0 radical (unpaired) electrons. The van der Waals surface area contributed by atoms with Gasteiger partial charge in [-0.2, -0.15) is 0 Å². The van der Waals surface area contributed by atoms with Gasteiger partial charge >= 0.3 is 0 Å². The molecular formula is C15H22S2.